The molecule has 0 saturated heterocycles. The summed E-state index contributed by atoms with van der Waals surface area (Å²) in [6.45, 7) is 2.02. The van der Waals surface area contributed by atoms with Gasteiger partial charge in [0.1, 0.15) is 11.4 Å². The number of amidine groups is 1. The zero-order valence-electron chi connectivity index (χ0n) is 11.3. The zero-order valence-corrected chi connectivity index (χ0v) is 11.3. The molecule has 0 fully saturated rings. The van der Waals surface area contributed by atoms with Crippen LogP contribution in [0.15, 0.2) is 24.3 Å². The summed E-state index contributed by atoms with van der Waals surface area (Å²) in [4.78, 5) is 16.1. The first-order valence-electron chi connectivity index (χ1n) is 6.07. The Morgan fingerprint density at radius 1 is 1.40 bits per heavy atom. The molecule has 0 unspecified atom stereocenters. The summed E-state index contributed by atoms with van der Waals surface area (Å²) >= 11 is 0. The van der Waals surface area contributed by atoms with E-state index >= 15 is 0 Å². The van der Waals surface area contributed by atoms with Gasteiger partial charge in [0.05, 0.1) is 19.2 Å². The molecule has 6 nitrogen and oxygen atoms in total. The van der Waals surface area contributed by atoms with E-state index in [1.807, 2.05) is 0 Å². The molecule has 20 heavy (non-hydrogen) atoms. The number of hydrogen-bond donors (Lipinski definition) is 2. The molecule has 0 saturated carbocycles. The van der Waals surface area contributed by atoms with Crippen molar-refractivity contribution in [1.82, 2.24) is 4.98 Å². The number of pyridine rings is 1. The Balaban J connectivity index is 2.59. The molecule has 6 heteroatoms. The number of nitrogen functional groups attached to an aromatic ring is 1. The standard InChI is InChI=1S/C14H15N3O3/c1-3-20-14(18)10-6-8-4-5-9(12(15)16)7-11(8)17-13(10)19-2/h4-7H,3H2,1-2H3,(H3,15,16). The highest BCUT2D eigenvalue weighted by atomic mass is 16.5. The fraction of sp³-hybridized carbons (Fsp3) is 0.214. The van der Waals surface area contributed by atoms with Crippen LogP contribution in [-0.2, 0) is 4.74 Å². The topological polar surface area (TPSA) is 98.3 Å². The van der Waals surface area contributed by atoms with Gasteiger partial charge < -0.3 is 15.2 Å². The minimum Gasteiger partial charge on any atom is -0.480 e. The van der Waals surface area contributed by atoms with Gasteiger partial charge in [-0.25, -0.2) is 9.78 Å². The predicted molar refractivity (Wildman–Crippen MR) is 75.3 cm³/mol. The maximum Gasteiger partial charge on any atom is 0.343 e. The second kappa shape index (κ2) is 5.56. The van der Waals surface area contributed by atoms with E-state index in [0.717, 1.165) is 5.39 Å². The quantitative estimate of drug-likeness (QED) is 0.502. The van der Waals surface area contributed by atoms with Gasteiger partial charge in [-0.15, -0.1) is 0 Å². The molecule has 0 radical (unpaired) electrons. The molecule has 104 valence electrons. The van der Waals surface area contributed by atoms with E-state index in [2.05, 4.69) is 4.98 Å². The van der Waals surface area contributed by atoms with Crippen molar-refractivity contribution in [3.05, 3.63) is 35.4 Å². The molecule has 1 heterocycles. The van der Waals surface area contributed by atoms with Crippen molar-refractivity contribution in [2.75, 3.05) is 13.7 Å². The lowest BCUT2D eigenvalue weighted by Gasteiger charge is -2.09. The van der Waals surface area contributed by atoms with E-state index in [4.69, 9.17) is 20.6 Å². The summed E-state index contributed by atoms with van der Waals surface area (Å²) < 4.78 is 10.1. The Kier molecular flexibility index (Phi) is 3.84. The van der Waals surface area contributed by atoms with Gasteiger partial charge in [0.25, 0.3) is 0 Å². The minimum atomic E-state index is -0.477. The molecule has 0 bridgehead atoms. The molecule has 0 aliphatic carbocycles. The summed E-state index contributed by atoms with van der Waals surface area (Å²) in [6, 6.07) is 6.78. The van der Waals surface area contributed by atoms with Gasteiger partial charge in [0.2, 0.25) is 5.88 Å². The molecule has 1 aromatic heterocycles. The van der Waals surface area contributed by atoms with Crippen LogP contribution in [0.1, 0.15) is 22.8 Å². The molecule has 0 aliphatic rings. The fourth-order valence-corrected chi connectivity index (χ4v) is 1.83. The lowest BCUT2D eigenvalue weighted by molar-refractivity contribution is 0.0522. The Morgan fingerprint density at radius 2 is 2.15 bits per heavy atom. The van der Waals surface area contributed by atoms with Crippen molar-refractivity contribution in [1.29, 1.82) is 5.41 Å². The number of nitrogens with one attached hydrogen (secondary N) is 1. The fourth-order valence-electron chi connectivity index (χ4n) is 1.83. The average molecular weight is 273 g/mol. The summed E-state index contributed by atoms with van der Waals surface area (Å²) in [5.74, 6) is -0.326. The molecule has 0 amide bonds. The number of carbonyl (C=O) groups excluding carboxylic acids is 1. The number of methoxy groups -OCH3 is 1. The van der Waals surface area contributed by atoms with E-state index in [1.54, 1.807) is 31.2 Å². The van der Waals surface area contributed by atoms with E-state index < -0.39 is 5.97 Å². The summed E-state index contributed by atoms with van der Waals surface area (Å²) in [6.07, 6.45) is 0. The second-order valence-electron chi connectivity index (χ2n) is 4.09. The van der Waals surface area contributed by atoms with Gasteiger partial charge in [0.15, 0.2) is 0 Å². The maximum absolute atomic E-state index is 11.8. The molecule has 0 atom stereocenters. The lowest BCUT2D eigenvalue weighted by Crippen LogP contribution is -2.11. The normalized spacial score (nSPS) is 10.3. The van der Waals surface area contributed by atoms with Crippen molar-refractivity contribution < 1.29 is 14.3 Å². The van der Waals surface area contributed by atoms with Crippen LogP contribution >= 0.6 is 0 Å². The number of nitrogens with two attached hydrogens (primary N) is 1. The van der Waals surface area contributed by atoms with Crippen molar-refractivity contribution in [3.63, 3.8) is 0 Å². The second-order valence-corrected chi connectivity index (χ2v) is 4.09. The van der Waals surface area contributed by atoms with E-state index in [0.29, 0.717) is 11.1 Å². The number of nitrogens with zero attached hydrogens (tertiary/aromatic N) is 1. The average Bonchev–Trinajstić information content (AvgIpc) is 2.45. The van der Waals surface area contributed by atoms with Crippen LogP contribution in [0, 0.1) is 5.41 Å². The Hall–Kier alpha value is -2.63. The predicted octanol–water partition coefficient (Wildman–Crippen LogP) is 1.70. The van der Waals surface area contributed by atoms with Crippen LogP contribution in [0.2, 0.25) is 0 Å². The van der Waals surface area contributed by atoms with Crippen molar-refractivity contribution in [2.45, 2.75) is 6.92 Å². The molecular formula is C14H15N3O3. The number of ether oxygens (including phenoxy) is 2. The summed E-state index contributed by atoms with van der Waals surface area (Å²) in [7, 11) is 1.44. The molecule has 2 rings (SSSR count). The monoisotopic (exact) mass is 273 g/mol. The third kappa shape index (κ3) is 2.54. The summed E-state index contributed by atoms with van der Waals surface area (Å²) in [5, 5.41) is 8.17. The molecule has 1 aromatic carbocycles. The Bertz CT molecular complexity index is 683. The zero-order chi connectivity index (χ0) is 14.7. The first-order chi connectivity index (χ1) is 9.56. The van der Waals surface area contributed by atoms with Crippen LogP contribution in [-0.4, -0.2) is 30.5 Å². The molecule has 0 spiro atoms. The number of rotatable bonds is 4. The molecule has 0 aliphatic heterocycles. The van der Waals surface area contributed by atoms with E-state index in [9.17, 15) is 4.79 Å². The first-order valence-corrected chi connectivity index (χ1v) is 6.07. The number of esters is 1. The molecule has 3 N–H and O–H groups in total. The third-order valence-electron chi connectivity index (χ3n) is 2.78. The van der Waals surface area contributed by atoms with Gasteiger partial charge in [-0.3, -0.25) is 5.41 Å². The summed E-state index contributed by atoms with van der Waals surface area (Å²) in [5.41, 5.74) is 6.88. The molecular weight excluding hydrogens is 258 g/mol. The SMILES string of the molecule is CCOC(=O)c1cc2ccc(C(=N)N)cc2nc1OC. The Morgan fingerprint density at radius 3 is 2.75 bits per heavy atom. The number of carbonyl (C=O) groups is 1. The number of aromatic nitrogens is 1. The largest absolute Gasteiger partial charge is 0.480 e. The van der Waals surface area contributed by atoms with Gasteiger partial charge in [-0.2, -0.15) is 0 Å². The first kappa shape index (κ1) is 13.8. The minimum absolute atomic E-state index is 0.0397. The highest BCUT2D eigenvalue weighted by Gasteiger charge is 2.16. The third-order valence-corrected chi connectivity index (χ3v) is 2.78. The van der Waals surface area contributed by atoms with Crippen molar-refractivity contribution in [2.24, 2.45) is 5.73 Å². The van der Waals surface area contributed by atoms with Crippen LogP contribution < -0.4 is 10.5 Å². The van der Waals surface area contributed by atoms with Crippen LogP contribution in [0.25, 0.3) is 10.9 Å². The van der Waals surface area contributed by atoms with E-state index in [1.165, 1.54) is 7.11 Å². The van der Waals surface area contributed by atoms with Gasteiger partial charge in [-0.1, -0.05) is 12.1 Å². The van der Waals surface area contributed by atoms with Crippen LogP contribution in [0.4, 0.5) is 0 Å². The van der Waals surface area contributed by atoms with Crippen molar-refractivity contribution in [3.8, 4) is 5.88 Å². The smallest absolute Gasteiger partial charge is 0.343 e. The number of hydrogen-bond acceptors (Lipinski definition) is 5. The van der Waals surface area contributed by atoms with Gasteiger partial charge in [-0.05, 0) is 19.1 Å². The van der Waals surface area contributed by atoms with Gasteiger partial charge in [0, 0.05) is 10.9 Å². The highest BCUT2D eigenvalue weighted by molar-refractivity contribution is 6.00. The van der Waals surface area contributed by atoms with Crippen LogP contribution in [0.3, 0.4) is 0 Å². The highest BCUT2D eigenvalue weighted by Crippen LogP contribution is 2.23. The van der Waals surface area contributed by atoms with Crippen LogP contribution in [0.5, 0.6) is 5.88 Å². The van der Waals surface area contributed by atoms with Gasteiger partial charge >= 0.3 is 5.97 Å². The number of benzene rings is 1. The maximum atomic E-state index is 11.8. The Labute approximate surface area is 116 Å². The van der Waals surface area contributed by atoms with Crippen molar-refractivity contribution >= 4 is 22.7 Å². The number of fused-ring (bicyclic) bond motifs is 1. The van der Waals surface area contributed by atoms with E-state index in [-0.39, 0.29) is 23.9 Å². The molecule has 2 aromatic rings. The lowest BCUT2D eigenvalue weighted by atomic mass is 10.1.